The van der Waals surface area contributed by atoms with Crippen molar-refractivity contribution in [3.05, 3.63) is 29.8 Å². The molecule has 1 aliphatic rings. The van der Waals surface area contributed by atoms with E-state index in [0.717, 1.165) is 31.6 Å². The van der Waals surface area contributed by atoms with Crippen molar-refractivity contribution in [3.63, 3.8) is 0 Å². The highest BCUT2D eigenvalue weighted by Crippen LogP contribution is 2.18. The lowest BCUT2D eigenvalue weighted by Gasteiger charge is -2.35. The Bertz CT molecular complexity index is 536. The average molecular weight is 318 g/mol. The van der Waals surface area contributed by atoms with Gasteiger partial charge < -0.3 is 10.6 Å². The van der Waals surface area contributed by atoms with Gasteiger partial charge in [0.15, 0.2) is 0 Å². The molecule has 1 heterocycles. The van der Waals surface area contributed by atoms with Gasteiger partial charge in [-0.3, -0.25) is 15.0 Å². The molecular formula is C17H26N4O2. The van der Waals surface area contributed by atoms with Crippen molar-refractivity contribution in [1.82, 2.24) is 15.5 Å². The molecule has 0 radical (unpaired) electrons. The molecule has 2 rings (SSSR count). The third-order valence-electron chi connectivity index (χ3n) is 4.34. The summed E-state index contributed by atoms with van der Waals surface area (Å²) in [6.45, 7) is 5.59. The fourth-order valence-corrected chi connectivity index (χ4v) is 2.76. The van der Waals surface area contributed by atoms with Gasteiger partial charge in [0.1, 0.15) is 0 Å². The third kappa shape index (κ3) is 4.96. The number of aryl methyl sites for hydroxylation is 1. The molecule has 3 N–H and O–H groups in total. The number of hydrogen-bond donors (Lipinski definition) is 3. The maximum atomic E-state index is 12.0. The van der Waals surface area contributed by atoms with Crippen LogP contribution in [0.5, 0.6) is 0 Å². The van der Waals surface area contributed by atoms with Crippen LogP contribution in [0.4, 0.5) is 10.5 Å². The van der Waals surface area contributed by atoms with Crippen LogP contribution in [0.2, 0.25) is 0 Å². The number of hydrogen-bond acceptors (Lipinski definition) is 4. The summed E-state index contributed by atoms with van der Waals surface area (Å²) in [5.41, 5.74) is 2.39. The van der Waals surface area contributed by atoms with E-state index in [1.165, 1.54) is 12.6 Å². The van der Waals surface area contributed by atoms with Gasteiger partial charge in [0, 0.05) is 31.9 Å². The van der Waals surface area contributed by atoms with Gasteiger partial charge >= 0.3 is 6.03 Å². The molecule has 23 heavy (non-hydrogen) atoms. The Morgan fingerprint density at radius 3 is 2.35 bits per heavy atom. The first-order chi connectivity index (χ1) is 11.0. The monoisotopic (exact) mass is 318 g/mol. The molecule has 6 nitrogen and oxygen atoms in total. The lowest BCUT2D eigenvalue weighted by atomic mass is 10.0. The number of amides is 3. The first-order valence-electron chi connectivity index (χ1n) is 8.09. The van der Waals surface area contributed by atoms with E-state index in [4.69, 9.17) is 0 Å². The number of benzene rings is 1. The summed E-state index contributed by atoms with van der Waals surface area (Å²) in [6.07, 6.45) is 1.96. The van der Waals surface area contributed by atoms with Crippen LogP contribution in [0.25, 0.3) is 0 Å². The molecule has 1 aromatic rings. The average Bonchev–Trinajstić information content (AvgIpc) is 2.56. The van der Waals surface area contributed by atoms with Crippen molar-refractivity contribution < 1.29 is 9.59 Å². The van der Waals surface area contributed by atoms with Crippen LogP contribution in [0.1, 0.15) is 25.3 Å². The highest BCUT2D eigenvalue weighted by atomic mass is 16.2. The maximum Gasteiger partial charge on any atom is 0.321 e. The van der Waals surface area contributed by atoms with Crippen molar-refractivity contribution >= 4 is 17.6 Å². The molecule has 1 atom stereocenters. The molecule has 0 bridgehead atoms. The third-order valence-corrected chi connectivity index (χ3v) is 4.34. The van der Waals surface area contributed by atoms with E-state index in [-0.39, 0.29) is 11.9 Å². The largest absolute Gasteiger partial charge is 0.382 e. The molecule has 1 aliphatic heterocycles. The van der Waals surface area contributed by atoms with Gasteiger partial charge in [-0.25, -0.2) is 4.79 Å². The number of urea groups is 1. The van der Waals surface area contributed by atoms with Crippen LogP contribution >= 0.6 is 0 Å². The van der Waals surface area contributed by atoms with E-state index in [1.54, 1.807) is 0 Å². The molecule has 0 aliphatic carbocycles. The first kappa shape index (κ1) is 17.3. The SMILES string of the molecule is CNC(=O)NC(=O)C(C)N1CCC(Nc2ccc(C)cc2)CC1. The number of piperidine rings is 1. The van der Waals surface area contributed by atoms with Gasteiger partial charge in [-0.2, -0.15) is 0 Å². The summed E-state index contributed by atoms with van der Waals surface area (Å²) in [4.78, 5) is 25.3. The number of rotatable bonds is 4. The number of likely N-dealkylation sites (tertiary alicyclic amines) is 1. The molecule has 0 aromatic heterocycles. The Morgan fingerprint density at radius 1 is 1.17 bits per heavy atom. The minimum Gasteiger partial charge on any atom is -0.382 e. The quantitative estimate of drug-likeness (QED) is 0.790. The van der Waals surface area contributed by atoms with Gasteiger partial charge in [-0.15, -0.1) is 0 Å². The lowest BCUT2D eigenvalue weighted by molar-refractivity contribution is -0.125. The van der Waals surface area contributed by atoms with Crippen molar-refractivity contribution in [3.8, 4) is 0 Å². The Kier molecular flexibility index (Phi) is 5.98. The second kappa shape index (κ2) is 7.97. The van der Waals surface area contributed by atoms with Gasteiger partial charge in [0.05, 0.1) is 6.04 Å². The highest BCUT2D eigenvalue weighted by Gasteiger charge is 2.27. The van der Waals surface area contributed by atoms with Crippen LogP contribution in [0.15, 0.2) is 24.3 Å². The van der Waals surface area contributed by atoms with Gasteiger partial charge in [-0.1, -0.05) is 17.7 Å². The minimum absolute atomic E-state index is 0.255. The van der Waals surface area contributed by atoms with Gasteiger partial charge in [-0.05, 0) is 38.8 Å². The van der Waals surface area contributed by atoms with Crippen LogP contribution in [0.3, 0.4) is 0 Å². The fraction of sp³-hybridized carbons (Fsp3) is 0.529. The smallest absolute Gasteiger partial charge is 0.321 e. The number of carbonyl (C=O) groups excluding carboxylic acids is 2. The molecule has 1 fully saturated rings. The van der Waals surface area contributed by atoms with Gasteiger partial charge in [0.2, 0.25) is 5.91 Å². The van der Waals surface area contributed by atoms with Crippen molar-refractivity contribution in [1.29, 1.82) is 0 Å². The molecule has 126 valence electrons. The Labute approximate surface area is 137 Å². The molecule has 1 unspecified atom stereocenters. The van der Waals surface area contributed by atoms with Gasteiger partial charge in [0.25, 0.3) is 0 Å². The summed E-state index contributed by atoms with van der Waals surface area (Å²) in [6, 6.07) is 8.06. The number of imide groups is 1. The normalized spacial score (nSPS) is 17.3. The molecule has 3 amide bonds. The Balaban J connectivity index is 1.80. The van der Waals surface area contributed by atoms with Crippen molar-refractivity contribution in [2.24, 2.45) is 0 Å². The Morgan fingerprint density at radius 2 is 1.78 bits per heavy atom. The second-order valence-electron chi connectivity index (χ2n) is 6.06. The number of nitrogens with zero attached hydrogens (tertiary/aromatic N) is 1. The summed E-state index contributed by atoms with van der Waals surface area (Å²) in [5, 5.41) is 8.28. The molecule has 6 heteroatoms. The van der Waals surface area contributed by atoms with E-state index in [9.17, 15) is 9.59 Å². The molecular weight excluding hydrogens is 292 g/mol. The predicted molar refractivity (Wildman–Crippen MR) is 91.5 cm³/mol. The zero-order valence-electron chi connectivity index (χ0n) is 14.1. The molecule has 1 saturated heterocycles. The van der Waals surface area contributed by atoms with Crippen LogP contribution < -0.4 is 16.0 Å². The first-order valence-corrected chi connectivity index (χ1v) is 8.09. The summed E-state index contributed by atoms with van der Waals surface area (Å²) >= 11 is 0. The number of nitrogens with one attached hydrogen (secondary N) is 3. The van der Waals surface area contributed by atoms with Crippen LogP contribution in [0, 0.1) is 6.92 Å². The van der Waals surface area contributed by atoms with E-state index in [2.05, 4.69) is 52.0 Å². The zero-order valence-corrected chi connectivity index (χ0v) is 14.1. The topological polar surface area (TPSA) is 73.5 Å². The van der Waals surface area contributed by atoms with Crippen molar-refractivity contribution in [2.45, 2.75) is 38.8 Å². The standard InChI is InChI=1S/C17H26N4O2/c1-12-4-6-14(7-5-12)19-15-8-10-21(11-9-15)13(2)16(22)20-17(23)18-3/h4-7,13,15,19H,8-11H2,1-3H3,(H2,18,20,22,23). The second-order valence-corrected chi connectivity index (χ2v) is 6.06. The fourth-order valence-electron chi connectivity index (χ4n) is 2.76. The molecule has 1 aromatic carbocycles. The van der Waals surface area contributed by atoms with E-state index in [0.29, 0.717) is 6.04 Å². The Hall–Kier alpha value is -2.08. The van der Waals surface area contributed by atoms with Crippen LogP contribution in [-0.2, 0) is 4.79 Å². The maximum absolute atomic E-state index is 12.0. The highest BCUT2D eigenvalue weighted by molar-refractivity contribution is 5.96. The van der Waals surface area contributed by atoms with Crippen molar-refractivity contribution in [2.75, 3.05) is 25.5 Å². The predicted octanol–water partition coefficient (Wildman–Crippen LogP) is 1.72. The lowest BCUT2D eigenvalue weighted by Crippen LogP contribution is -2.52. The van der Waals surface area contributed by atoms with E-state index in [1.807, 2.05) is 6.92 Å². The van der Waals surface area contributed by atoms with E-state index >= 15 is 0 Å². The molecule has 0 spiro atoms. The summed E-state index contributed by atoms with van der Waals surface area (Å²) in [5.74, 6) is -0.255. The summed E-state index contributed by atoms with van der Waals surface area (Å²) in [7, 11) is 1.50. The zero-order chi connectivity index (χ0) is 16.8. The number of carbonyl (C=O) groups is 2. The number of anilines is 1. The van der Waals surface area contributed by atoms with E-state index < -0.39 is 6.03 Å². The minimum atomic E-state index is -0.460. The summed E-state index contributed by atoms with van der Waals surface area (Å²) < 4.78 is 0. The molecule has 0 saturated carbocycles. The van der Waals surface area contributed by atoms with Crippen LogP contribution in [-0.4, -0.2) is 49.1 Å².